The van der Waals surface area contributed by atoms with Crippen molar-refractivity contribution in [1.29, 1.82) is 0 Å². The van der Waals surface area contributed by atoms with Crippen LogP contribution in [0.4, 0.5) is 0 Å². The topological polar surface area (TPSA) is 70.4 Å². The van der Waals surface area contributed by atoms with Crippen LogP contribution in [-0.2, 0) is 11.3 Å². The van der Waals surface area contributed by atoms with E-state index in [0.29, 0.717) is 52.0 Å². The Labute approximate surface area is 190 Å². The van der Waals surface area contributed by atoms with Gasteiger partial charge in [-0.1, -0.05) is 23.4 Å². The molecule has 8 heteroatoms. The fourth-order valence-corrected chi connectivity index (χ4v) is 4.10. The minimum Gasteiger partial charge on any atom is -0.497 e. The minimum atomic E-state index is -0.148. The Bertz CT molecular complexity index is 1110. The zero-order valence-corrected chi connectivity index (χ0v) is 19.3. The number of aromatic nitrogens is 2. The third kappa shape index (κ3) is 6.09. The summed E-state index contributed by atoms with van der Waals surface area (Å²) in [7, 11) is 1.58. The standard InChI is InChI=1S/C23H25ClN2O4S/c1-15(2)30-12-4-11-26-22(28)19-10-7-17(24)13-20(19)25-23(26)31-14-21(27)16-5-8-18(29-3)9-6-16/h5-10,13,15H,4,11-12,14H2,1-3H3. The second-order valence-electron chi connectivity index (χ2n) is 7.23. The number of thioether (sulfide) groups is 1. The lowest BCUT2D eigenvalue weighted by Gasteiger charge is -2.14. The predicted octanol–water partition coefficient (Wildman–Crippen LogP) is 4.85. The number of carbonyl (C=O) groups excluding carboxylic acids is 1. The SMILES string of the molecule is COc1ccc(C(=O)CSc2nc3cc(Cl)ccc3c(=O)n2CCCOC(C)C)cc1. The summed E-state index contributed by atoms with van der Waals surface area (Å²) in [6.45, 7) is 4.94. The molecule has 31 heavy (non-hydrogen) atoms. The van der Waals surface area contributed by atoms with E-state index in [0.717, 1.165) is 0 Å². The largest absolute Gasteiger partial charge is 0.497 e. The monoisotopic (exact) mass is 460 g/mol. The van der Waals surface area contributed by atoms with E-state index in [-0.39, 0.29) is 23.2 Å². The Morgan fingerprint density at radius 2 is 1.94 bits per heavy atom. The first-order valence-electron chi connectivity index (χ1n) is 10.0. The molecule has 1 heterocycles. The number of hydrogen-bond donors (Lipinski definition) is 0. The third-order valence-corrected chi connectivity index (χ3v) is 5.82. The van der Waals surface area contributed by atoms with Crippen molar-refractivity contribution < 1.29 is 14.3 Å². The van der Waals surface area contributed by atoms with Crippen molar-refractivity contribution >= 4 is 40.0 Å². The summed E-state index contributed by atoms with van der Waals surface area (Å²) in [6.07, 6.45) is 0.795. The lowest BCUT2D eigenvalue weighted by atomic mass is 10.1. The molecule has 0 saturated carbocycles. The van der Waals surface area contributed by atoms with E-state index < -0.39 is 0 Å². The summed E-state index contributed by atoms with van der Waals surface area (Å²) < 4.78 is 12.3. The fourth-order valence-electron chi connectivity index (χ4n) is 3.01. The number of fused-ring (bicyclic) bond motifs is 1. The second-order valence-corrected chi connectivity index (χ2v) is 8.61. The number of benzene rings is 2. The number of hydrogen-bond acceptors (Lipinski definition) is 6. The van der Waals surface area contributed by atoms with Gasteiger partial charge in [-0.2, -0.15) is 0 Å². The van der Waals surface area contributed by atoms with Gasteiger partial charge in [-0.25, -0.2) is 4.98 Å². The van der Waals surface area contributed by atoms with Crippen molar-refractivity contribution in [2.24, 2.45) is 0 Å². The van der Waals surface area contributed by atoms with Crippen LogP contribution in [0.5, 0.6) is 5.75 Å². The van der Waals surface area contributed by atoms with Crippen LogP contribution in [0.15, 0.2) is 52.4 Å². The maximum absolute atomic E-state index is 13.1. The molecule has 0 aliphatic rings. The van der Waals surface area contributed by atoms with Gasteiger partial charge in [-0.15, -0.1) is 0 Å². The highest BCUT2D eigenvalue weighted by atomic mass is 35.5. The zero-order valence-electron chi connectivity index (χ0n) is 17.8. The number of carbonyl (C=O) groups is 1. The van der Waals surface area contributed by atoms with Gasteiger partial charge in [0.1, 0.15) is 5.75 Å². The Balaban J connectivity index is 1.84. The van der Waals surface area contributed by atoms with Crippen molar-refractivity contribution in [1.82, 2.24) is 9.55 Å². The maximum atomic E-state index is 13.1. The van der Waals surface area contributed by atoms with E-state index in [2.05, 4.69) is 4.98 Å². The van der Waals surface area contributed by atoms with Gasteiger partial charge in [-0.3, -0.25) is 14.2 Å². The smallest absolute Gasteiger partial charge is 0.262 e. The van der Waals surface area contributed by atoms with Gasteiger partial charge >= 0.3 is 0 Å². The van der Waals surface area contributed by atoms with Crippen LogP contribution >= 0.6 is 23.4 Å². The molecule has 164 valence electrons. The van der Waals surface area contributed by atoms with Crippen molar-refractivity contribution in [2.45, 2.75) is 38.1 Å². The van der Waals surface area contributed by atoms with Crippen LogP contribution in [0.2, 0.25) is 5.02 Å². The van der Waals surface area contributed by atoms with Gasteiger partial charge in [0, 0.05) is 23.7 Å². The Morgan fingerprint density at radius 1 is 1.19 bits per heavy atom. The van der Waals surface area contributed by atoms with Crippen LogP contribution < -0.4 is 10.3 Å². The van der Waals surface area contributed by atoms with Crippen LogP contribution in [-0.4, -0.2) is 40.9 Å². The van der Waals surface area contributed by atoms with Crippen LogP contribution in [0.3, 0.4) is 0 Å². The lowest BCUT2D eigenvalue weighted by Crippen LogP contribution is -2.24. The average molecular weight is 461 g/mol. The molecular formula is C23H25ClN2O4S. The molecule has 6 nitrogen and oxygen atoms in total. The number of rotatable bonds is 10. The number of Topliss-reactive ketones (excluding diaryl/α,β-unsaturated/α-hetero) is 1. The molecule has 0 atom stereocenters. The Hall–Kier alpha value is -2.35. The molecule has 0 N–H and O–H groups in total. The van der Waals surface area contributed by atoms with E-state index in [1.165, 1.54) is 11.8 Å². The molecule has 0 spiro atoms. The summed E-state index contributed by atoms with van der Waals surface area (Å²) in [4.78, 5) is 30.4. The predicted molar refractivity (Wildman–Crippen MR) is 125 cm³/mol. The highest BCUT2D eigenvalue weighted by molar-refractivity contribution is 7.99. The highest BCUT2D eigenvalue weighted by Crippen LogP contribution is 2.22. The number of methoxy groups -OCH3 is 1. The van der Waals surface area contributed by atoms with E-state index in [1.807, 2.05) is 13.8 Å². The van der Waals surface area contributed by atoms with Crippen molar-refractivity contribution in [3.8, 4) is 5.75 Å². The van der Waals surface area contributed by atoms with E-state index >= 15 is 0 Å². The first-order chi connectivity index (χ1) is 14.9. The molecule has 0 amide bonds. The van der Waals surface area contributed by atoms with Gasteiger partial charge in [0.2, 0.25) is 0 Å². The molecule has 3 aromatic rings. The zero-order chi connectivity index (χ0) is 22.4. The van der Waals surface area contributed by atoms with Crippen molar-refractivity contribution in [3.63, 3.8) is 0 Å². The quantitative estimate of drug-likeness (QED) is 0.186. The van der Waals surface area contributed by atoms with Gasteiger partial charge in [0.05, 0.1) is 29.9 Å². The maximum Gasteiger partial charge on any atom is 0.262 e. The summed E-state index contributed by atoms with van der Waals surface area (Å²) in [5, 5.41) is 1.50. The average Bonchev–Trinajstić information content (AvgIpc) is 2.76. The normalized spacial score (nSPS) is 11.3. The first kappa shape index (κ1) is 23.3. The number of halogens is 1. The molecule has 0 saturated heterocycles. The van der Waals surface area contributed by atoms with Crippen molar-refractivity contribution in [3.05, 3.63) is 63.4 Å². The molecule has 0 bridgehead atoms. The lowest BCUT2D eigenvalue weighted by molar-refractivity contribution is 0.0743. The number of nitrogens with zero attached hydrogens (tertiary/aromatic N) is 2. The summed E-state index contributed by atoms with van der Waals surface area (Å²) in [5.41, 5.74) is 0.952. The first-order valence-corrected chi connectivity index (χ1v) is 11.4. The van der Waals surface area contributed by atoms with E-state index in [9.17, 15) is 9.59 Å². The third-order valence-electron chi connectivity index (χ3n) is 4.60. The minimum absolute atomic E-state index is 0.0530. The van der Waals surface area contributed by atoms with E-state index in [1.54, 1.807) is 54.1 Å². The molecule has 1 aromatic heterocycles. The van der Waals surface area contributed by atoms with Crippen molar-refractivity contribution in [2.75, 3.05) is 19.5 Å². The number of ether oxygens (including phenoxy) is 2. The molecule has 3 rings (SSSR count). The van der Waals surface area contributed by atoms with Gasteiger partial charge in [0.25, 0.3) is 5.56 Å². The molecule has 0 aliphatic heterocycles. The summed E-state index contributed by atoms with van der Waals surface area (Å²) >= 11 is 7.34. The fraction of sp³-hybridized carbons (Fsp3) is 0.348. The Morgan fingerprint density at radius 3 is 2.61 bits per heavy atom. The molecule has 0 radical (unpaired) electrons. The van der Waals surface area contributed by atoms with Gasteiger partial charge in [0.15, 0.2) is 10.9 Å². The van der Waals surface area contributed by atoms with Crippen LogP contribution in [0.1, 0.15) is 30.6 Å². The second kappa shape index (κ2) is 10.8. The molecule has 2 aromatic carbocycles. The summed E-state index contributed by atoms with van der Waals surface area (Å²) in [6, 6.07) is 12.0. The Kier molecular flexibility index (Phi) is 8.12. The molecular weight excluding hydrogens is 436 g/mol. The van der Waals surface area contributed by atoms with Gasteiger partial charge in [-0.05, 0) is 62.7 Å². The van der Waals surface area contributed by atoms with Crippen LogP contribution in [0, 0.1) is 0 Å². The van der Waals surface area contributed by atoms with E-state index in [4.69, 9.17) is 21.1 Å². The number of ketones is 1. The van der Waals surface area contributed by atoms with Crippen LogP contribution in [0.25, 0.3) is 10.9 Å². The molecule has 0 fully saturated rings. The molecule has 0 aliphatic carbocycles. The molecule has 0 unspecified atom stereocenters. The highest BCUT2D eigenvalue weighted by Gasteiger charge is 2.15. The van der Waals surface area contributed by atoms with Gasteiger partial charge < -0.3 is 9.47 Å². The summed E-state index contributed by atoms with van der Waals surface area (Å²) in [5.74, 6) is 0.797.